The molecule has 38 heavy (non-hydrogen) atoms. The van der Waals surface area contributed by atoms with Crippen molar-refractivity contribution < 1.29 is 22.8 Å². The summed E-state index contributed by atoms with van der Waals surface area (Å²) in [5.74, 6) is -1.11. The first-order valence-electron chi connectivity index (χ1n) is 12.6. The Hall–Kier alpha value is -2.51. The molecule has 0 spiro atoms. The van der Waals surface area contributed by atoms with Crippen molar-refractivity contribution in [1.29, 1.82) is 0 Å². The van der Waals surface area contributed by atoms with Crippen LogP contribution in [0.3, 0.4) is 0 Å². The molecule has 4 atom stereocenters. The van der Waals surface area contributed by atoms with Crippen LogP contribution in [0.5, 0.6) is 0 Å². The van der Waals surface area contributed by atoms with E-state index in [0.29, 0.717) is 29.3 Å². The van der Waals surface area contributed by atoms with Gasteiger partial charge < -0.3 is 9.80 Å². The molecule has 1 aliphatic rings. The van der Waals surface area contributed by atoms with E-state index in [-0.39, 0.29) is 18.4 Å². The van der Waals surface area contributed by atoms with Crippen LogP contribution < -0.4 is 0 Å². The third-order valence-electron chi connectivity index (χ3n) is 7.30. The molecule has 0 aliphatic carbocycles. The molecule has 3 rings (SSSR count). The minimum absolute atomic E-state index is 0.182. The molecule has 2 aromatic rings. The Morgan fingerprint density at radius 1 is 1.18 bits per heavy atom. The normalized spacial score (nSPS) is 22.7. The summed E-state index contributed by atoms with van der Waals surface area (Å²) in [6.07, 6.45) is -1.64. The number of carbonyl (C=O) groups excluding carboxylic acids is 2. The fourth-order valence-electron chi connectivity index (χ4n) is 5.48. The molecule has 4 nitrogen and oxygen atoms in total. The number of piperidine rings is 1. The molecule has 9 heteroatoms. The lowest BCUT2D eigenvalue weighted by atomic mass is 9.67. The average Bonchev–Trinajstić information content (AvgIpc) is 2.83. The lowest BCUT2D eigenvalue weighted by Crippen LogP contribution is -2.58. The van der Waals surface area contributed by atoms with Gasteiger partial charge >= 0.3 is 6.18 Å². The minimum Gasteiger partial charge on any atom is -0.332 e. The summed E-state index contributed by atoms with van der Waals surface area (Å²) in [6, 6.07) is 13.4. The highest BCUT2D eigenvalue weighted by molar-refractivity contribution is 6.30. The summed E-state index contributed by atoms with van der Waals surface area (Å²) in [6.45, 7) is 7.02. The zero-order chi connectivity index (χ0) is 28.3. The molecule has 0 bridgehead atoms. The molecule has 1 fully saturated rings. The van der Waals surface area contributed by atoms with E-state index in [2.05, 4.69) is 6.58 Å². The number of alkyl halides is 3. The molecule has 2 amide bonds. The van der Waals surface area contributed by atoms with E-state index in [1.54, 1.807) is 29.2 Å². The Morgan fingerprint density at radius 3 is 2.37 bits per heavy atom. The van der Waals surface area contributed by atoms with Crippen molar-refractivity contribution in [3.8, 4) is 0 Å². The van der Waals surface area contributed by atoms with Gasteiger partial charge in [0, 0.05) is 35.5 Å². The van der Waals surface area contributed by atoms with Crippen molar-refractivity contribution in [2.75, 3.05) is 13.1 Å². The quantitative estimate of drug-likeness (QED) is 0.289. The largest absolute Gasteiger partial charge is 0.406 e. The monoisotopic (exact) mass is 568 g/mol. The number of allylic oxidation sites excluding steroid dienone is 1. The molecule has 1 heterocycles. The predicted molar refractivity (Wildman–Crippen MR) is 145 cm³/mol. The number of carbonyl (C=O) groups is 2. The Kier molecular flexibility index (Phi) is 9.58. The predicted octanol–water partition coefficient (Wildman–Crippen LogP) is 7.82. The highest BCUT2D eigenvalue weighted by atomic mass is 35.5. The molecule has 4 unspecified atom stereocenters. The molecule has 1 saturated heterocycles. The summed E-state index contributed by atoms with van der Waals surface area (Å²) < 4.78 is 40.1. The van der Waals surface area contributed by atoms with Crippen LogP contribution in [0.2, 0.25) is 10.0 Å². The number of likely N-dealkylation sites (tertiary alicyclic amines) is 1. The lowest BCUT2D eigenvalue weighted by molar-refractivity contribution is -0.166. The van der Waals surface area contributed by atoms with Crippen LogP contribution in [0.4, 0.5) is 13.2 Å². The van der Waals surface area contributed by atoms with Gasteiger partial charge in [0.2, 0.25) is 11.8 Å². The maximum Gasteiger partial charge on any atom is 0.406 e. The molecule has 0 aromatic heterocycles. The number of benzene rings is 2. The topological polar surface area (TPSA) is 40.6 Å². The van der Waals surface area contributed by atoms with E-state index < -0.39 is 36.1 Å². The summed E-state index contributed by atoms with van der Waals surface area (Å²) in [4.78, 5) is 29.0. The second kappa shape index (κ2) is 12.1. The smallest absolute Gasteiger partial charge is 0.332 e. The SMILES string of the molecule is C=CCC1(C)CC(c2cccc(Cl)c2)C(c2ccc(Cl)cc2)N(C(CC)CN(CC(F)(F)F)C(C)=O)C1=O. The van der Waals surface area contributed by atoms with Gasteiger partial charge in [-0.3, -0.25) is 9.59 Å². The molecule has 0 N–H and O–H groups in total. The van der Waals surface area contributed by atoms with Gasteiger partial charge in [-0.15, -0.1) is 6.58 Å². The van der Waals surface area contributed by atoms with Gasteiger partial charge in [0.15, 0.2) is 0 Å². The van der Waals surface area contributed by atoms with Gasteiger partial charge in [0.1, 0.15) is 6.54 Å². The highest BCUT2D eigenvalue weighted by Gasteiger charge is 2.51. The fraction of sp³-hybridized carbons (Fsp3) is 0.448. The first-order valence-corrected chi connectivity index (χ1v) is 13.3. The second-order valence-corrected chi connectivity index (χ2v) is 11.1. The third kappa shape index (κ3) is 6.92. The van der Waals surface area contributed by atoms with Crippen LogP contribution in [0.1, 0.15) is 63.1 Å². The number of hydrogen-bond donors (Lipinski definition) is 0. The van der Waals surface area contributed by atoms with E-state index in [9.17, 15) is 22.8 Å². The zero-order valence-electron chi connectivity index (χ0n) is 21.8. The number of rotatable bonds is 9. The first-order chi connectivity index (χ1) is 17.8. The zero-order valence-corrected chi connectivity index (χ0v) is 23.3. The molecular weight excluding hydrogens is 536 g/mol. The van der Waals surface area contributed by atoms with Gasteiger partial charge in [0.05, 0.1) is 11.5 Å². The van der Waals surface area contributed by atoms with Gasteiger partial charge in [0.25, 0.3) is 0 Å². The minimum atomic E-state index is -4.56. The van der Waals surface area contributed by atoms with Crippen molar-refractivity contribution >= 4 is 35.0 Å². The average molecular weight is 569 g/mol. The van der Waals surface area contributed by atoms with E-state index in [1.165, 1.54) is 0 Å². The maximum absolute atomic E-state index is 14.3. The number of nitrogens with zero attached hydrogens (tertiary/aromatic N) is 2. The molecule has 0 saturated carbocycles. The fourth-order valence-corrected chi connectivity index (χ4v) is 5.80. The van der Waals surface area contributed by atoms with Crippen LogP contribution in [0.15, 0.2) is 61.2 Å². The lowest BCUT2D eigenvalue weighted by Gasteiger charge is -2.52. The number of hydrogen-bond acceptors (Lipinski definition) is 2. The van der Waals surface area contributed by atoms with Crippen LogP contribution >= 0.6 is 23.2 Å². The Bertz CT molecular complexity index is 1160. The molecule has 206 valence electrons. The number of halogens is 5. The van der Waals surface area contributed by atoms with Crippen molar-refractivity contribution in [2.45, 2.75) is 64.2 Å². The van der Waals surface area contributed by atoms with Gasteiger partial charge in [-0.25, -0.2) is 0 Å². The standard InChI is InChI=1S/C29H33Cl2F3N2O2/c1-5-14-28(4)16-25(21-8-7-9-23(31)15-21)26(20-10-12-22(30)13-11-20)36(27(28)38)24(6-2)17-35(19(3)37)18-29(32,33)34/h5,7-13,15,24-26H,1,6,14,16-18H2,2-4H3. The Balaban J connectivity index is 2.20. The Morgan fingerprint density at radius 2 is 1.84 bits per heavy atom. The third-order valence-corrected chi connectivity index (χ3v) is 7.78. The van der Waals surface area contributed by atoms with Crippen molar-refractivity contribution in [3.05, 3.63) is 82.4 Å². The van der Waals surface area contributed by atoms with Crippen LogP contribution in [0, 0.1) is 5.41 Å². The maximum atomic E-state index is 14.3. The summed E-state index contributed by atoms with van der Waals surface area (Å²) in [5, 5.41) is 1.07. The summed E-state index contributed by atoms with van der Waals surface area (Å²) in [5.41, 5.74) is 0.867. The Labute approximate surface area is 232 Å². The number of amides is 2. The van der Waals surface area contributed by atoms with E-state index >= 15 is 0 Å². The van der Waals surface area contributed by atoms with Gasteiger partial charge in [-0.1, -0.05) is 67.4 Å². The highest BCUT2D eigenvalue weighted by Crippen LogP contribution is 2.52. The second-order valence-electron chi connectivity index (χ2n) is 10.2. The summed E-state index contributed by atoms with van der Waals surface area (Å²) in [7, 11) is 0. The van der Waals surface area contributed by atoms with Crippen molar-refractivity contribution in [3.63, 3.8) is 0 Å². The molecule has 0 radical (unpaired) electrons. The van der Waals surface area contributed by atoms with E-state index in [0.717, 1.165) is 23.0 Å². The summed E-state index contributed by atoms with van der Waals surface area (Å²) >= 11 is 12.5. The molecule has 2 aromatic carbocycles. The van der Waals surface area contributed by atoms with E-state index in [1.807, 2.05) is 44.2 Å². The molecular formula is C29H33Cl2F3N2O2. The van der Waals surface area contributed by atoms with Gasteiger partial charge in [-0.05, 0) is 54.7 Å². The van der Waals surface area contributed by atoms with E-state index in [4.69, 9.17) is 23.2 Å². The van der Waals surface area contributed by atoms with Crippen molar-refractivity contribution in [2.24, 2.45) is 5.41 Å². The van der Waals surface area contributed by atoms with Crippen LogP contribution in [-0.2, 0) is 9.59 Å². The molecule has 1 aliphatic heterocycles. The van der Waals surface area contributed by atoms with Crippen molar-refractivity contribution in [1.82, 2.24) is 9.80 Å². The first kappa shape index (κ1) is 30.0. The van der Waals surface area contributed by atoms with Crippen LogP contribution in [-0.4, -0.2) is 46.9 Å². The van der Waals surface area contributed by atoms with Crippen LogP contribution in [0.25, 0.3) is 0 Å². The van der Waals surface area contributed by atoms with Gasteiger partial charge in [-0.2, -0.15) is 13.2 Å².